The van der Waals surface area contributed by atoms with E-state index in [2.05, 4.69) is 0 Å². The van der Waals surface area contributed by atoms with Crippen LogP contribution in [0.25, 0.3) is 12.2 Å². The molecule has 0 unspecified atom stereocenters. The Kier molecular flexibility index (Phi) is 5.49. The first kappa shape index (κ1) is 20.0. The minimum Gasteiger partial charge on any atom is -0.282 e. The van der Waals surface area contributed by atoms with Gasteiger partial charge in [-0.05, 0) is 29.3 Å². The van der Waals surface area contributed by atoms with Gasteiger partial charge in [-0.2, -0.15) is 16.8 Å². The number of halogens is 1. The molecule has 0 aliphatic carbocycles. The summed E-state index contributed by atoms with van der Waals surface area (Å²) in [6.07, 6.45) is 2.26. The fourth-order valence-electron chi connectivity index (χ4n) is 2.05. The lowest BCUT2D eigenvalue weighted by molar-refractivity contribution is -0.385. The molecule has 0 amide bonds. The zero-order chi connectivity index (χ0) is 19.7. The van der Waals surface area contributed by atoms with Crippen LogP contribution >= 0.6 is 11.6 Å². The van der Waals surface area contributed by atoms with Crippen LogP contribution in [-0.2, 0) is 20.2 Å². The molecular weight excluding hydrogens is 410 g/mol. The van der Waals surface area contributed by atoms with Gasteiger partial charge in [0.15, 0.2) is 0 Å². The first-order chi connectivity index (χ1) is 11.9. The summed E-state index contributed by atoms with van der Waals surface area (Å²) < 4.78 is 64.2. The summed E-state index contributed by atoms with van der Waals surface area (Å²) in [6.45, 7) is 0. The second-order valence-electron chi connectivity index (χ2n) is 4.94. The lowest BCUT2D eigenvalue weighted by atomic mass is 10.1. The maximum absolute atomic E-state index is 11.5. The Morgan fingerprint density at radius 1 is 0.885 bits per heavy atom. The van der Waals surface area contributed by atoms with Crippen molar-refractivity contribution in [3.05, 3.63) is 62.7 Å². The molecule has 26 heavy (non-hydrogen) atoms. The summed E-state index contributed by atoms with van der Waals surface area (Å²) in [4.78, 5) is 8.68. The molecule has 0 spiro atoms. The van der Waals surface area contributed by atoms with E-state index in [0.717, 1.165) is 30.4 Å². The van der Waals surface area contributed by atoms with E-state index in [0.29, 0.717) is 6.07 Å². The first-order valence-corrected chi connectivity index (χ1v) is 9.86. The average molecular weight is 420 g/mol. The van der Waals surface area contributed by atoms with E-state index >= 15 is 0 Å². The minimum atomic E-state index is -4.78. The molecule has 2 rings (SSSR count). The summed E-state index contributed by atoms with van der Waals surface area (Å²) in [6, 6.07) is 6.35. The lowest BCUT2D eigenvalue weighted by Gasteiger charge is -2.05. The molecule has 0 fully saturated rings. The zero-order valence-corrected chi connectivity index (χ0v) is 15.0. The maximum atomic E-state index is 11.5. The van der Waals surface area contributed by atoms with Crippen LogP contribution in [0.3, 0.4) is 0 Å². The standard InChI is InChI=1S/C14H10ClNO8S2/c15-11-5-3-9(13(7-11)25(19,20)21)1-2-10-4-6-12(16(17)18)8-14(10)26(22,23)24/h1-8H,(H,19,20,21)(H,22,23,24). The second kappa shape index (κ2) is 7.13. The smallest absolute Gasteiger partial charge is 0.282 e. The number of hydrogen-bond acceptors (Lipinski definition) is 6. The molecule has 0 saturated heterocycles. The Morgan fingerprint density at radius 3 is 1.81 bits per heavy atom. The molecule has 2 aromatic rings. The van der Waals surface area contributed by atoms with Crippen LogP contribution in [0.15, 0.2) is 46.2 Å². The highest BCUT2D eigenvalue weighted by molar-refractivity contribution is 7.86. The van der Waals surface area contributed by atoms with Crippen molar-refractivity contribution in [2.45, 2.75) is 9.79 Å². The van der Waals surface area contributed by atoms with Gasteiger partial charge in [-0.25, -0.2) is 0 Å². The Morgan fingerprint density at radius 2 is 1.35 bits per heavy atom. The van der Waals surface area contributed by atoms with Gasteiger partial charge in [0.1, 0.15) is 9.79 Å². The van der Waals surface area contributed by atoms with E-state index in [1.807, 2.05) is 0 Å². The molecule has 12 heteroatoms. The first-order valence-electron chi connectivity index (χ1n) is 6.60. The minimum absolute atomic E-state index is 0.0171. The molecule has 2 aromatic carbocycles. The van der Waals surface area contributed by atoms with Crippen LogP contribution in [0.2, 0.25) is 5.02 Å². The normalized spacial score (nSPS) is 12.4. The second-order valence-corrected chi connectivity index (χ2v) is 8.16. The lowest BCUT2D eigenvalue weighted by Crippen LogP contribution is -2.02. The van der Waals surface area contributed by atoms with Crippen LogP contribution in [0.5, 0.6) is 0 Å². The van der Waals surface area contributed by atoms with Crippen molar-refractivity contribution in [1.82, 2.24) is 0 Å². The Bertz CT molecular complexity index is 1120. The summed E-state index contributed by atoms with van der Waals surface area (Å²) in [5.41, 5.74) is -0.703. The molecular formula is C14H10ClNO8S2. The largest absolute Gasteiger partial charge is 0.295 e. The van der Waals surface area contributed by atoms with Crippen LogP contribution in [0.1, 0.15) is 11.1 Å². The number of non-ortho nitro benzene ring substituents is 1. The Labute approximate surface area is 153 Å². The SMILES string of the molecule is O=[N+]([O-])c1ccc(C=Cc2ccc(Cl)cc2S(=O)(=O)O)c(S(=O)(=O)O)c1. The van der Waals surface area contributed by atoms with Gasteiger partial charge < -0.3 is 0 Å². The van der Waals surface area contributed by atoms with Crippen molar-refractivity contribution in [2.24, 2.45) is 0 Å². The van der Waals surface area contributed by atoms with Crippen LogP contribution in [0, 0.1) is 10.1 Å². The van der Waals surface area contributed by atoms with Crippen LogP contribution in [-0.4, -0.2) is 30.9 Å². The monoisotopic (exact) mass is 419 g/mol. The number of nitrogens with zero attached hydrogens (tertiary/aromatic N) is 1. The van der Waals surface area contributed by atoms with Crippen molar-refractivity contribution in [3.63, 3.8) is 0 Å². The quantitative estimate of drug-likeness (QED) is 0.324. The number of rotatable bonds is 5. The molecule has 0 aliphatic rings. The predicted octanol–water partition coefficient (Wildman–Crippen LogP) is 2.91. The van der Waals surface area contributed by atoms with Gasteiger partial charge in [0.2, 0.25) is 0 Å². The van der Waals surface area contributed by atoms with Gasteiger partial charge in [0.25, 0.3) is 25.9 Å². The summed E-state index contributed by atoms with van der Waals surface area (Å²) >= 11 is 5.70. The van der Waals surface area contributed by atoms with Gasteiger partial charge in [0, 0.05) is 17.2 Å². The van der Waals surface area contributed by atoms with E-state index in [1.54, 1.807) is 0 Å². The number of benzene rings is 2. The summed E-state index contributed by atoms with van der Waals surface area (Å²) in [7, 11) is -9.39. The number of nitro groups is 1. The fraction of sp³-hybridized carbons (Fsp3) is 0. The molecule has 0 saturated carbocycles. The average Bonchev–Trinajstić information content (AvgIpc) is 2.51. The van der Waals surface area contributed by atoms with Gasteiger partial charge in [-0.3, -0.25) is 19.2 Å². The highest BCUT2D eigenvalue weighted by atomic mass is 35.5. The Hall–Kier alpha value is -2.31. The topological polar surface area (TPSA) is 152 Å². The molecule has 0 radical (unpaired) electrons. The molecule has 0 aromatic heterocycles. The highest BCUT2D eigenvalue weighted by Crippen LogP contribution is 2.26. The zero-order valence-electron chi connectivity index (χ0n) is 12.6. The van der Waals surface area contributed by atoms with E-state index in [4.69, 9.17) is 11.6 Å². The van der Waals surface area contributed by atoms with E-state index in [1.165, 1.54) is 12.1 Å². The van der Waals surface area contributed by atoms with E-state index in [9.17, 15) is 36.1 Å². The maximum Gasteiger partial charge on any atom is 0.295 e. The van der Waals surface area contributed by atoms with Crippen molar-refractivity contribution in [1.29, 1.82) is 0 Å². The molecule has 0 heterocycles. The van der Waals surface area contributed by atoms with Crippen molar-refractivity contribution < 1.29 is 30.9 Å². The van der Waals surface area contributed by atoms with Crippen molar-refractivity contribution in [3.8, 4) is 0 Å². The predicted molar refractivity (Wildman–Crippen MR) is 93.1 cm³/mol. The molecule has 138 valence electrons. The van der Waals surface area contributed by atoms with E-state index in [-0.39, 0.29) is 16.1 Å². The van der Waals surface area contributed by atoms with Gasteiger partial charge in [-0.1, -0.05) is 29.8 Å². The van der Waals surface area contributed by atoms with Gasteiger partial charge in [-0.15, -0.1) is 0 Å². The molecule has 9 nitrogen and oxygen atoms in total. The molecule has 2 N–H and O–H groups in total. The highest BCUT2D eigenvalue weighted by Gasteiger charge is 2.19. The Balaban J connectivity index is 2.61. The third-order valence-electron chi connectivity index (χ3n) is 3.18. The van der Waals surface area contributed by atoms with Crippen LogP contribution in [0.4, 0.5) is 5.69 Å². The number of hydrogen-bond donors (Lipinski definition) is 2. The van der Waals surface area contributed by atoms with Gasteiger partial charge >= 0.3 is 0 Å². The summed E-state index contributed by atoms with van der Waals surface area (Å²) in [5.74, 6) is 0. The summed E-state index contributed by atoms with van der Waals surface area (Å²) in [5, 5.41) is 10.8. The number of nitro benzene ring substituents is 1. The van der Waals surface area contributed by atoms with Crippen LogP contribution < -0.4 is 0 Å². The molecule has 0 aliphatic heterocycles. The van der Waals surface area contributed by atoms with Crippen molar-refractivity contribution >= 4 is 49.7 Å². The third-order valence-corrected chi connectivity index (χ3v) is 5.24. The molecule has 0 bridgehead atoms. The van der Waals surface area contributed by atoms with Crippen molar-refractivity contribution in [2.75, 3.05) is 0 Å². The third kappa shape index (κ3) is 4.65. The van der Waals surface area contributed by atoms with Gasteiger partial charge in [0.05, 0.1) is 4.92 Å². The van der Waals surface area contributed by atoms with E-state index < -0.39 is 40.6 Å². The molecule has 0 atom stereocenters. The fourth-order valence-corrected chi connectivity index (χ4v) is 3.70.